The fourth-order valence-electron chi connectivity index (χ4n) is 4.68. The van der Waals surface area contributed by atoms with Gasteiger partial charge >= 0.3 is 0 Å². The molecule has 2 aliphatic heterocycles. The minimum Gasteiger partial charge on any atom is -0.496 e. The molecular weight excluding hydrogens is 531 g/mol. The zero-order valence-electron chi connectivity index (χ0n) is 21.0. The summed E-state index contributed by atoms with van der Waals surface area (Å²) in [5, 5.41) is 7.10. The normalized spacial score (nSPS) is 19.5. The Hall–Kier alpha value is -1.10. The Labute approximate surface area is 217 Å². The molecule has 0 bridgehead atoms. The smallest absolute Gasteiger partial charge is 0.191 e. The van der Waals surface area contributed by atoms with Crippen LogP contribution in [0.4, 0.5) is 0 Å². The Morgan fingerprint density at radius 1 is 1.12 bits per heavy atom. The largest absolute Gasteiger partial charge is 0.496 e. The molecule has 0 saturated carbocycles. The number of nitrogens with zero attached hydrogens (tertiary/aromatic N) is 2. The highest BCUT2D eigenvalue weighted by molar-refractivity contribution is 14.0. The lowest BCUT2D eigenvalue weighted by Crippen LogP contribution is -2.52. The number of aryl methyl sites for hydroxylation is 1. The number of hydrogen-bond acceptors (Lipinski definition) is 5. The molecule has 188 valence electrons. The topological polar surface area (TPSA) is 67.4 Å². The summed E-state index contributed by atoms with van der Waals surface area (Å²) >= 11 is 0. The molecule has 2 fully saturated rings. The van der Waals surface area contributed by atoms with Gasteiger partial charge in [0.25, 0.3) is 0 Å². The van der Waals surface area contributed by atoms with Crippen molar-refractivity contribution < 1.29 is 14.2 Å². The van der Waals surface area contributed by atoms with Gasteiger partial charge in [-0.2, -0.15) is 0 Å². The maximum atomic E-state index is 5.76. The average molecular weight is 575 g/mol. The van der Waals surface area contributed by atoms with Gasteiger partial charge in [0.1, 0.15) is 5.75 Å². The van der Waals surface area contributed by atoms with E-state index >= 15 is 0 Å². The third kappa shape index (κ3) is 7.44. The summed E-state index contributed by atoms with van der Waals surface area (Å²) in [5.41, 5.74) is 2.45. The zero-order chi connectivity index (χ0) is 23.0. The molecule has 8 heteroatoms. The van der Waals surface area contributed by atoms with Crippen LogP contribution >= 0.6 is 24.0 Å². The van der Waals surface area contributed by atoms with Crippen molar-refractivity contribution >= 4 is 29.9 Å². The summed E-state index contributed by atoms with van der Waals surface area (Å²) in [6.07, 6.45) is 1.91. The lowest BCUT2D eigenvalue weighted by Gasteiger charge is -2.40. The van der Waals surface area contributed by atoms with Gasteiger partial charge in [0.05, 0.1) is 26.9 Å². The van der Waals surface area contributed by atoms with Crippen LogP contribution < -0.4 is 15.4 Å². The lowest BCUT2D eigenvalue weighted by atomic mass is 9.73. The van der Waals surface area contributed by atoms with Crippen molar-refractivity contribution in [3.63, 3.8) is 0 Å². The average Bonchev–Trinajstić information content (AvgIpc) is 2.82. The predicted molar refractivity (Wildman–Crippen MR) is 145 cm³/mol. The second kappa shape index (κ2) is 13.1. The number of hydrogen-bond donors (Lipinski definition) is 2. The van der Waals surface area contributed by atoms with Crippen molar-refractivity contribution in [3.8, 4) is 5.75 Å². The summed E-state index contributed by atoms with van der Waals surface area (Å²) in [7, 11) is 1.76. The standard InChI is InChI=1S/C25H42N4O3.HI/c1-6-26-23(27-18-24(3,4)29-11-15-32-16-12-29)28-19-25(9-13-31-14-10-25)21-17-20(2)7-8-22(21)30-5;/h7-8,17H,6,9-16,18-19H2,1-5H3,(H2,26,27,28);1H. The van der Waals surface area contributed by atoms with Crippen LogP contribution in [0.3, 0.4) is 0 Å². The third-order valence-corrected chi connectivity index (χ3v) is 6.81. The van der Waals surface area contributed by atoms with Crippen molar-refractivity contribution in [2.45, 2.75) is 51.5 Å². The van der Waals surface area contributed by atoms with Crippen molar-refractivity contribution in [3.05, 3.63) is 29.3 Å². The van der Waals surface area contributed by atoms with Crippen molar-refractivity contribution in [2.75, 3.05) is 66.3 Å². The molecule has 2 heterocycles. The van der Waals surface area contributed by atoms with Crippen LogP contribution in [0.25, 0.3) is 0 Å². The maximum absolute atomic E-state index is 5.76. The van der Waals surface area contributed by atoms with Crippen molar-refractivity contribution in [1.29, 1.82) is 0 Å². The molecule has 2 aliphatic rings. The SMILES string of the molecule is CCNC(=NCC(C)(C)N1CCOCC1)NCC1(c2cc(C)ccc2OC)CCOCC1.I. The van der Waals surface area contributed by atoms with E-state index in [9.17, 15) is 0 Å². The predicted octanol–water partition coefficient (Wildman–Crippen LogP) is 3.34. The Kier molecular flexibility index (Phi) is 11.2. The number of aliphatic imine (C=N–C) groups is 1. The van der Waals surface area contributed by atoms with Gasteiger partial charge in [0.15, 0.2) is 5.96 Å². The van der Waals surface area contributed by atoms with Gasteiger partial charge in [-0.25, -0.2) is 0 Å². The van der Waals surface area contributed by atoms with E-state index in [0.717, 1.165) is 83.7 Å². The van der Waals surface area contributed by atoms with E-state index < -0.39 is 0 Å². The molecule has 0 aliphatic carbocycles. The fourth-order valence-corrected chi connectivity index (χ4v) is 4.68. The van der Waals surface area contributed by atoms with Crippen LogP contribution in [0.2, 0.25) is 0 Å². The summed E-state index contributed by atoms with van der Waals surface area (Å²) < 4.78 is 17.0. The highest BCUT2D eigenvalue weighted by atomic mass is 127. The molecule has 1 aromatic carbocycles. The van der Waals surface area contributed by atoms with E-state index in [2.05, 4.69) is 61.4 Å². The Balaban J connectivity index is 0.00000385. The van der Waals surface area contributed by atoms with Crippen LogP contribution in [0.15, 0.2) is 23.2 Å². The van der Waals surface area contributed by atoms with Crippen molar-refractivity contribution in [2.24, 2.45) is 4.99 Å². The maximum Gasteiger partial charge on any atom is 0.191 e. The third-order valence-electron chi connectivity index (χ3n) is 6.81. The first-order chi connectivity index (χ1) is 15.4. The number of halogens is 1. The molecule has 0 atom stereocenters. The van der Waals surface area contributed by atoms with Gasteiger partial charge in [0.2, 0.25) is 0 Å². The summed E-state index contributed by atoms with van der Waals surface area (Å²) in [6, 6.07) is 6.48. The fraction of sp³-hybridized carbons (Fsp3) is 0.720. The van der Waals surface area contributed by atoms with Crippen LogP contribution in [-0.4, -0.2) is 82.7 Å². The van der Waals surface area contributed by atoms with Crippen LogP contribution in [0, 0.1) is 6.92 Å². The van der Waals surface area contributed by atoms with E-state index in [1.807, 2.05) is 0 Å². The first kappa shape index (κ1) is 28.1. The summed E-state index contributed by atoms with van der Waals surface area (Å²) in [4.78, 5) is 7.45. The van der Waals surface area contributed by atoms with E-state index in [-0.39, 0.29) is 34.9 Å². The number of nitrogens with one attached hydrogen (secondary N) is 2. The molecule has 0 aromatic heterocycles. The zero-order valence-corrected chi connectivity index (χ0v) is 23.4. The van der Waals surface area contributed by atoms with E-state index in [1.165, 1.54) is 11.1 Å². The molecule has 0 radical (unpaired) electrons. The molecule has 33 heavy (non-hydrogen) atoms. The van der Waals surface area contributed by atoms with E-state index in [0.29, 0.717) is 0 Å². The van der Waals surface area contributed by atoms with E-state index in [1.54, 1.807) is 7.11 Å². The van der Waals surface area contributed by atoms with Gasteiger partial charge in [-0.1, -0.05) is 17.7 Å². The van der Waals surface area contributed by atoms with Gasteiger partial charge in [-0.3, -0.25) is 9.89 Å². The van der Waals surface area contributed by atoms with Crippen molar-refractivity contribution in [1.82, 2.24) is 15.5 Å². The number of ether oxygens (including phenoxy) is 3. The number of rotatable bonds is 8. The van der Waals surface area contributed by atoms with Gasteiger partial charge < -0.3 is 24.8 Å². The first-order valence-electron chi connectivity index (χ1n) is 12.0. The number of morpholine rings is 1. The highest BCUT2D eigenvalue weighted by Gasteiger charge is 2.37. The molecule has 3 rings (SSSR count). The minimum atomic E-state index is -0.0501. The monoisotopic (exact) mass is 574 g/mol. The van der Waals surface area contributed by atoms with Gasteiger partial charge in [-0.15, -0.1) is 24.0 Å². The van der Waals surface area contributed by atoms with Crippen LogP contribution in [0.5, 0.6) is 5.75 Å². The quantitative estimate of drug-likeness (QED) is 0.282. The molecule has 0 unspecified atom stereocenters. The second-order valence-corrected chi connectivity index (χ2v) is 9.56. The molecule has 2 N–H and O–H groups in total. The number of benzene rings is 1. The molecule has 1 aromatic rings. The summed E-state index contributed by atoms with van der Waals surface area (Å²) in [6.45, 7) is 16.2. The molecule has 7 nitrogen and oxygen atoms in total. The summed E-state index contributed by atoms with van der Waals surface area (Å²) in [5.74, 6) is 1.82. The highest BCUT2D eigenvalue weighted by Crippen LogP contribution is 2.40. The Morgan fingerprint density at radius 3 is 2.42 bits per heavy atom. The van der Waals surface area contributed by atoms with Crippen LogP contribution in [-0.2, 0) is 14.9 Å². The molecular formula is C25H43IN4O3. The number of methoxy groups -OCH3 is 1. The molecule has 0 spiro atoms. The second-order valence-electron chi connectivity index (χ2n) is 9.56. The minimum absolute atomic E-state index is 0. The van der Waals surface area contributed by atoms with Gasteiger partial charge in [-0.05, 0) is 46.6 Å². The number of guanidine groups is 1. The lowest BCUT2D eigenvalue weighted by molar-refractivity contribution is -0.00684. The molecule has 0 amide bonds. The first-order valence-corrected chi connectivity index (χ1v) is 12.0. The Morgan fingerprint density at radius 2 is 1.79 bits per heavy atom. The molecule has 2 saturated heterocycles. The van der Waals surface area contributed by atoms with Crippen LogP contribution in [0.1, 0.15) is 44.7 Å². The van der Waals surface area contributed by atoms with Gasteiger partial charge in [0, 0.05) is 55.9 Å². The Bertz CT molecular complexity index is 760. The van der Waals surface area contributed by atoms with E-state index in [4.69, 9.17) is 19.2 Å².